The number of ketones is 1. The summed E-state index contributed by atoms with van der Waals surface area (Å²) in [5, 5.41) is 3.27. The van der Waals surface area contributed by atoms with E-state index < -0.39 is 0 Å². The van der Waals surface area contributed by atoms with Gasteiger partial charge in [-0.25, -0.2) is 0 Å². The van der Waals surface area contributed by atoms with E-state index in [1.807, 2.05) is 31.3 Å². The van der Waals surface area contributed by atoms with Gasteiger partial charge < -0.3 is 10.2 Å². The highest BCUT2D eigenvalue weighted by Crippen LogP contribution is 2.17. The van der Waals surface area contributed by atoms with Crippen LogP contribution in [0.15, 0.2) is 28.7 Å². The van der Waals surface area contributed by atoms with E-state index in [1.54, 1.807) is 0 Å². The van der Waals surface area contributed by atoms with E-state index in [2.05, 4.69) is 26.1 Å². The van der Waals surface area contributed by atoms with Crippen LogP contribution in [-0.2, 0) is 0 Å². The molecule has 1 saturated heterocycles. The van der Waals surface area contributed by atoms with E-state index in [-0.39, 0.29) is 5.78 Å². The van der Waals surface area contributed by atoms with Crippen molar-refractivity contribution >= 4 is 21.7 Å². The Morgan fingerprint density at radius 1 is 1.38 bits per heavy atom. The van der Waals surface area contributed by atoms with Gasteiger partial charge in [-0.3, -0.25) is 4.79 Å². The number of benzene rings is 1. The highest BCUT2D eigenvalue weighted by atomic mass is 79.9. The molecule has 2 rings (SSSR count). The molecule has 1 heterocycles. The molecule has 1 aliphatic heterocycles. The van der Waals surface area contributed by atoms with E-state index >= 15 is 0 Å². The number of rotatable bonds is 7. The third kappa shape index (κ3) is 5.53. The normalized spacial score (nSPS) is 19.6. The van der Waals surface area contributed by atoms with Gasteiger partial charge in [-0.15, -0.1) is 0 Å². The largest absolute Gasteiger partial charge is 0.319 e. The zero-order valence-electron chi connectivity index (χ0n) is 12.8. The third-order valence-electron chi connectivity index (χ3n) is 4.14. The Hall–Kier alpha value is -0.710. The molecule has 0 saturated carbocycles. The summed E-state index contributed by atoms with van der Waals surface area (Å²) in [6, 6.07) is 7.66. The number of piperidine rings is 1. The Kier molecular flexibility index (Phi) is 6.87. The number of Topliss-reactive ketones (excluding diaryl/α,β-unsaturated/α-hetero) is 1. The summed E-state index contributed by atoms with van der Waals surface area (Å²) in [5.74, 6) is 1.03. The molecule has 4 heteroatoms. The fourth-order valence-corrected chi connectivity index (χ4v) is 3.32. The second-order valence-electron chi connectivity index (χ2n) is 5.90. The van der Waals surface area contributed by atoms with Crippen molar-refractivity contribution in [1.29, 1.82) is 0 Å². The van der Waals surface area contributed by atoms with Crippen LogP contribution in [0.4, 0.5) is 0 Å². The lowest BCUT2D eigenvalue weighted by Gasteiger charge is -2.32. The van der Waals surface area contributed by atoms with Gasteiger partial charge in [-0.2, -0.15) is 0 Å². The minimum Gasteiger partial charge on any atom is -0.319 e. The summed E-state index contributed by atoms with van der Waals surface area (Å²) in [7, 11) is 2.02. The van der Waals surface area contributed by atoms with Crippen LogP contribution < -0.4 is 5.32 Å². The number of hydrogen-bond acceptors (Lipinski definition) is 3. The Balaban J connectivity index is 1.71. The summed E-state index contributed by atoms with van der Waals surface area (Å²) < 4.78 is 1.02. The van der Waals surface area contributed by atoms with Crippen molar-refractivity contribution < 1.29 is 4.79 Å². The molecular weight excluding hydrogens is 328 g/mol. The maximum absolute atomic E-state index is 12.1. The van der Waals surface area contributed by atoms with Crippen LogP contribution in [-0.4, -0.2) is 43.9 Å². The highest BCUT2D eigenvalue weighted by molar-refractivity contribution is 9.10. The molecule has 1 N–H and O–H groups in total. The monoisotopic (exact) mass is 352 g/mol. The average molecular weight is 353 g/mol. The number of carbonyl (C=O) groups is 1. The SMILES string of the molecule is CNCC1CCCN(CCCC(=O)c2ccc(Br)cc2)C1. The first-order valence-corrected chi connectivity index (χ1v) is 8.64. The lowest BCUT2D eigenvalue weighted by Crippen LogP contribution is -2.39. The molecule has 3 nitrogen and oxygen atoms in total. The zero-order valence-corrected chi connectivity index (χ0v) is 14.4. The minimum atomic E-state index is 0.256. The summed E-state index contributed by atoms with van der Waals surface area (Å²) >= 11 is 3.39. The Morgan fingerprint density at radius 2 is 2.14 bits per heavy atom. The van der Waals surface area contributed by atoms with E-state index in [4.69, 9.17) is 0 Å². The van der Waals surface area contributed by atoms with Gasteiger partial charge in [0.05, 0.1) is 0 Å². The van der Waals surface area contributed by atoms with Crippen molar-refractivity contribution in [2.24, 2.45) is 5.92 Å². The van der Waals surface area contributed by atoms with Crippen molar-refractivity contribution in [3.05, 3.63) is 34.3 Å². The van der Waals surface area contributed by atoms with Crippen LogP contribution in [0.2, 0.25) is 0 Å². The van der Waals surface area contributed by atoms with E-state index in [0.29, 0.717) is 6.42 Å². The predicted molar refractivity (Wildman–Crippen MR) is 90.8 cm³/mol. The van der Waals surface area contributed by atoms with Gasteiger partial charge in [0, 0.05) is 23.0 Å². The van der Waals surface area contributed by atoms with Gasteiger partial charge in [0.1, 0.15) is 0 Å². The maximum atomic E-state index is 12.1. The van der Waals surface area contributed by atoms with E-state index in [1.165, 1.54) is 25.9 Å². The van der Waals surface area contributed by atoms with Crippen molar-refractivity contribution in [3.8, 4) is 0 Å². The lowest BCUT2D eigenvalue weighted by atomic mass is 9.97. The number of nitrogens with one attached hydrogen (secondary N) is 1. The molecule has 1 aromatic rings. The van der Waals surface area contributed by atoms with E-state index in [0.717, 1.165) is 35.5 Å². The van der Waals surface area contributed by atoms with Crippen molar-refractivity contribution in [2.75, 3.05) is 33.2 Å². The third-order valence-corrected chi connectivity index (χ3v) is 4.67. The van der Waals surface area contributed by atoms with E-state index in [9.17, 15) is 4.79 Å². The zero-order chi connectivity index (χ0) is 15.1. The Labute approximate surface area is 136 Å². The first-order chi connectivity index (χ1) is 10.2. The number of hydrogen-bond donors (Lipinski definition) is 1. The number of halogens is 1. The fraction of sp³-hybridized carbons (Fsp3) is 0.588. The van der Waals surface area contributed by atoms with Crippen LogP contribution in [0, 0.1) is 5.92 Å². The fourth-order valence-electron chi connectivity index (χ4n) is 3.05. The minimum absolute atomic E-state index is 0.256. The standard InChI is InChI=1S/C17H25BrN2O/c1-19-12-14-4-2-10-20(13-14)11-3-5-17(21)15-6-8-16(18)9-7-15/h6-9,14,19H,2-5,10-13H2,1H3. The molecular formula is C17H25BrN2O. The molecule has 0 aromatic heterocycles. The van der Waals surface area contributed by atoms with Crippen molar-refractivity contribution in [3.63, 3.8) is 0 Å². The van der Waals surface area contributed by atoms with Gasteiger partial charge >= 0.3 is 0 Å². The smallest absolute Gasteiger partial charge is 0.162 e. The lowest BCUT2D eigenvalue weighted by molar-refractivity contribution is 0.0969. The van der Waals surface area contributed by atoms with Gasteiger partial charge in [0.25, 0.3) is 0 Å². The molecule has 0 radical (unpaired) electrons. The Morgan fingerprint density at radius 3 is 2.86 bits per heavy atom. The van der Waals surface area contributed by atoms with Crippen LogP contribution in [0.3, 0.4) is 0 Å². The van der Waals surface area contributed by atoms with Gasteiger partial charge in [0.15, 0.2) is 5.78 Å². The molecule has 21 heavy (non-hydrogen) atoms. The molecule has 0 amide bonds. The Bertz CT molecular complexity index is 445. The summed E-state index contributed by atoms with van der Waals surface area (Å²) in [6.45, 7) is 4.51. The van der Waals surface area contributed by atoms with Crippen LogP contribution in [0.1, 0.15) is 36.0 Å². The van der Waals surface area contributed by atoms with Gasteiger partial charge in [0.2, 0.25) is 0 Å². The molecule has 0 spiro atoms. The molecule has 0 aliphatic carbocycles. The molecule has 0 bridgehead atoms. The second-order valence-corrected chi connectivity index (χ2v) is 6.82. The quantitative estimate of drug-likeness (QED) is 0.763. The number of nitrogens with zero attached hydrogens (tertiary/aromatic N) is 1. The molecule has 1 fully saturated rings. The number of likely N-dealkylation sites (tertiary alicyclic amines) is 1. The van der Waals surface area contributed by atoms with Crippen molar-refractivity contribution in [2.45, 2.75) is 25.7 Å². The summed E-state index contributed by atoms with van der Waals surface area (Å²) in [4.78, 5) is 14.6. The van der Waals surface area contributed by atoms with Crippen molar-refractivity contribution in [1.82, 2.24) is 10.2 Å². The molecule has 1 atom stereocenters. The average Bonchev–Trinajstić information content (AvgIpc) is 2.48. The number of carbonyl (C=O) groups excluding carboxylic acids is 1. The first kappa shape index (κ1) is 16.7. The molecule has 1 aliphatic rings. The molecule has 116 valence electrons. The topological polar surface area (TPSA) is 32.3 Å². The summed E-state index contributed by atoms with van der Waals surface area (Å²) in [5.41, 5.74) is 0.824. The first-order valence-electron chi connectivity index (χ1n) is 7.85. The molecule has 1 aromatic carbocycles. The summed E-state index contributed by atoms with van der Waals surface area (Å²) in [6.07, 6.45) is 4.22. The van der Waals surface area contributed by atoms with Crippen LogP contribution in [0.25, 0.3) is 0 Å². The maximum Gasteiger partial charge on any atom is 0.162 e. The van der Waals surface area contributed by atoms with Crippen LogP contribution >= 0.6 is 15.9 Å². The molecule has 1 unspecified atom stereocenters. The van der Waals surface area contributed by atoms with Crippen LogP contribution in [0.5, 0.6) is 0 Å². The second kappa shape index (κ2) is 8.66. The van der Waals surface area contributed by atoms with Gasteiger partial charge in [-0.05, 0) is 64.0 Å². The highest BCUT2D eigenvalue weighted by Gasteiger charge is 2.19. The predicted octanol–water partition coefficient (Wildman–Crippen LogP) is 3.34. The van der Waals surface area contributed by atoms with Gasteiger partial charge in [-0.1, -0.05) is 28.1 Å².